The zero-order valence-electron chi connectivity index (χ0n) is 24.2. The van der Waals surface area contributed by atoms with Crippen LogP contribution in [0, 0.1) is 18.3 Å². The lowest BCUT2D eigenvalue weighted by Crippen LogP contribution is -2.39. The first-order valence-corrected chi connectivity index (χ1v) is 15.5. The molecule has 2 aromatic rings. The van der Waals surface area contributed by atoms with Gasteiger partial charge in [0.2, 0.25) is 0 Å². The molecule has 0 unspecified atom stereocenters. The number of methoxy groups -OCH3 is 2. The van der Waals surface area contributed by atoms with Crippen LogP contribution < -0.4 is 20.3 Å². The highest BCUT2D eigenvalue weighted by Crippen LogP contribution is 2.38. The fourth-order valence-corrected chi connectivity index (χ4v) is 6.89. The molecule has 1 N–H and O–H groups in total. The number of nitrogens with one attached hydrogen (secondary N) is 1. The average molecular weight is 595 g/mol. The number of thioether (sulfide) groups is 1. The predicted molar refractivity (Wildman–Crippen MR) is 169 cm³/mol. The second kappa shape index (κ2) is 14.1. The molecule has 1 aromatic heterocycles. The van der Waals surface area contributed by atoms with E-state index in [0.717, 1.165) is 44.1 Å². The van der Waals surface area contributed by atoms with Crippen molar-refractivity contribution in [2.75, 3.05) is 26.1 Å². The summed E-state index contributed by atoms with van der Waals surface area (Å²) in [4.78, 5) is 29.4. The molecule has 0 bridgehead atoms. The number of pyridine rings is 1. The van der Waals surface area contributed by atoms with Crippen LogP contribution >= 0.6 is 24.0 Å². The van der Waals surface area contributed by atoms with E-state index in [4.69, 9.17) is 21.7 Å². The van der Waals surface area contributed by atoms with Crippen molar-refractivity contribution in [1.82, 2.24) is 9.47 Å². The van der Waals surface area contributed by atoms with Crippen LogP contribution in [-0.4, -0.2) is 46.5 Å². The highest BCUT2D eigenvalue weighted by Gasteiger charge is 2.38. The monoisotopic (exact) mass is 594 g/mol. The topological polar surface area (TPSA) is 96.6 Å². The minimum absolute atomic E-state index is 0.0904. The smallest absolute Gasteiger partial charge is 0.270 e. The summed E-state index contributed by atoms with van der Waals surface area (Å²) < 4.78 is 13.0. The van der Waals surface area contributed by atoms with Crippen LogP contribution in [0.4, 0.5) is 5.82 Å². The second-order valence-corrected chi connectivity index (χ2v) is 12.1. The molecule has 0 radical (unpaired) electrons. The molecule has 2 aliphatic rings. The molecule has 218 valence electrons. The van der Waals surface area contributed by atoms with E-state index in [0.29, 0.717) is 57.2 Å². The van der Waals surface area contributed by atoms with Crippen molar-refractivity contribution in [3.8, 4) is 17.6 Å². The lowest BCUT2D eigenvalue weighted by molar-refractivity contribution is -0.124. The number of hydrogen-bond donors (Lipinski definition) is 1. The molecule has 41 heavy (non-hydrogen) atoms. The number of rotatable bonds is 11. The highest BCUT2D eigenvalue weighted by atomic mass is 32.2. The molecule has 8 nitrogen and oxygen atoms in total. The van der Waals surface area contributed by atoms with Crippen LogP contribution in [0.5, 0.6) is 11.5 Å². The van der Waals surface area contributed by atoms with Gasteiger partial charge in [0, 0.05) is 24.7 Å². The molecule has 1 aliphatic heterocycles. The van der Waals surface area contributed by atoms with Gasteiger partial charge in [-0.1, -0.05) is 62.7 Å². The van der Waals surface area contributed by atoms with Crippen LogP contribution in [0.1, 0.15) is 74.1 Å². The third kappa shape index (κ3) is 6.62. The minimum Gasteiger partial charge on any atom is -0.493 e. The molecule has 0 spiro atoms. The molecule has 1 saturated carbocycles. The number of carbonyl (C=O) groups is 1. The lowest BCUT2D eigenvalue weighted by Gasteiger charge is -2.29. The van der Waals surface area contributed by atoms with Gasteiger partial charge in [-0.25, -0.2) is 0 Å². The minimum atomic E-state index is -0.320. The second-order valence-electron chi connectivity index (χ2n) is 10.4. The van der Waals surface area contributed by atoms with Crippen LogP contribution in [0.2, 0.25) is 0 Å². The van der Waals surface area contributed by atoms with E-state index in [9.17, 15) is 14.9 Å². The van der Waals surface area contributed by atoms with Crippen molar-refractivity contribution in [3.63, 3.8) is 0 Å². The Morgan fingerprint density at radius 1 is 1.17 bits per heavy atom. The van der Waals surface area contributed by atoms with Crippen molar-refractivity contribution in [3.05, 3.63) is 55.7 Å². The first-order chi connectivity index (χ1) is 19.8. The Morgan fingerprint density at radius 2 is 1.90 bits per heavy atom. The number of ether oxygens (including phenoxy) is 2. The van der Waals surface area contributed by atoms with Gasteiger partial charge in [-0.3, -0.25) is 19.1 Å². The molecule has 2 fully saturated rings. The van der Waals surface area contributed by atoms with Gasteiger partial charge in [0.05, 0.1) is 19.1 Å². The fourth-order valence-electron chi connectivity index (χ4n) is 5.51. The number of nitrogens with zero attached hydrogens (tertiary/aromatic N) is 3. The van der Waals surface area contributed by atoms with Gasteiger partial charge >= 0.3 is 0 Å². The van der Waals surface area contributed by atoms with Gasteiger partial charge in [0.1, 0.15) is 21.8 Å². The molecule has 10 heteroatoms. The van der Waals surface area contributed by atoms with E-state index in [1.54, 1.807) is 30.6 Å². The molecule has 1 aliphatic carbocycles. The van der Waals surface area contributed by atoms with E-state index in [1.165, 1.54) is 18.2 Å². The summed E-state index contributed by atoms with van der Waals surface area (Å²) in [6.07, 6.45) is 9.46. The number of aromatic nitrogens is 1. The van der Waals surface area contributed by atoms with E-state index >= 15 is 0 Å². The van der Waals surface area contributed by atoms with E-state index in [2.05, 4.69) is 18.3 Å². The van der Waals surface area contributed by atoms with Crippen molar-refractivity contribution in [2.45, 2.75) is 77.8 Å². The number of hydrogen-bond acceptors (Lipinski definition) is 8. The summed E-state index contributed by atoms with van der Waals surface area (Å²) in [6, 6.07) is 8.04. The lowest BCUT2D eigenvalue weighted by atomic mass is 9.94. The Hall–Kier alpha value is -3.29. The normalized spacial score (nSPS) is 16.8. The van der Waals surface area contributed by atoms with Crippen LogP contribution in [-0.2, 0) is 17.8 Å². The average Bonchev–Trinajstić information content (AvgIpc) is 3.27. The maximum absolute atomic E-state index is 13.6. The molecule has 1 aromatic carbocycles. The van der Waals surface area contributed by atoms with Gasteiger partial charge < -0.3 is 14.8 Å². The standard InChI is InChI=1S/C31H38N4O4S2/c1-5-6-16-34-28(33-15-14-21-12-13-25(38-3)26(17-21)39-4)23(20(2)24(19-32)29(34)36)18-27-30(37)35(31(40)41-27)22-10-8-7-9-11-22/h12-13,17-18,22,33H,5-11,14-16H2,1-4H3/b27-18+. The largest absolute Gasteiger partial charge is 0.493 e. The van der Waals surface area contributed by atoms with Crippen LogP contribution in [0.25, 0.3) is 6.08 Å². The number of benzene rings is 1. The molecule has 0 atom stereocenters. The maximum atomic E-state index is 13.6. The van der Waals surface area contributed by atoms with Crippen molar-refractivity contribution < 1.29 is 14.3 Å². The quantitative estimate of drug-likeness (QED) is 0.249. The van der Waals surface area contributed by atoms with Crippen molar-refractivity contribution in [1.29, 1.82) is 5.26 Å². The number of anilines is 1. The molecule has 1 amide bonds. The van der Waals surface area contributed by atoms with Crippen LogP contribution in [0.3, 0.4) is 0 Å². The third-order valence-corrected chi connectivity index (χ3v) is 9.13. The fraction of sp³-hybridized carbons (Fsp3) is 0.484. The summed E-state index contributed by atoms with van der Waals surface area (Å²) in [7, 11) is 3.21. The molecule has 1 saturated heterocycles. The maximum Gasteiger partial charge on any atom is 0.270 e. The van der Waals surface area contributed by atoms with Gasteiger partial charge in [-0.15, -0.1) is 0 Å². The summed E-state index contributed by atoms with van der Waals surface area (Å²) >= 11 is 6.96. The summed E-state index contributed by atoms with van der Waals surface area (Å²) in [6.45, 7) is 4.83. The van der Waals surface area contributed by atoms with Gasteiger partial charge in [-0.05, 0) is 61.9 Å². The first kappa shape index (κ1) is 30.7. The zero-order chi connectivity index (χ0) is 29.5. The molecular formula is C31H38N4O4S2. The van der Waals surface area contributed by atoms with E-state index in [-0.39, 0.29) is 23.1 Å². The zero-order valence-corrected chi connectivity index (χ0v) is 25.9. The predicted octanol–water partition coefficient (Wildman–Crippen LogP) is 6.03. The summed E-state index contributed by atoms with van der Waals surface area (Å²) in [5.41, 5.74) is 2.05. The Balaban J connectivity index is 1.72. The number of amides is 1. The number of thiocarbonyl (C=S) groups is 1. The van der Waals surface area contributed by atoms with E-state index in [1.807, 2.05) is 24.3 Å². The van der Waals surface area contributed by atoms with Crippen LogP contribution in [0.15, 0.2) is 27.9 Å². The SMILES string of the molecule is CCCCn1c(NCCc2ccc(OC)c(OC)c2)c(/C=C2/SC(=S)N(C3CCCCC3)C2=O)c(C)c(C#N)c1=O. The number of unbranched alkanes of at least 4 members (excludes halogenated alkanes) is 1. The highest BCUT2D eigenvalue weighted by molar-refractivity contribution is 8.26. The Labute approximate surface area is 251 Å². The third-order valence-electron chi connectivity index (χ3n) is 7.80. The van der Waals surface area contributed by atoms with Gasteiger partial charge in [0.15, 0.2) is 11.5 Å². The molecular weight excluding hydrogens is 556 g/mol. The number of carbonyl (C=O) groups excluding carboxylic acids is 1. The first-order valence-electron chi connectivity index (χ1n) is 14.2. The summed E-state index contributed by atoms with van der Waals surface area (Å²) in [5, 5.41) is 13.4. The van der Waals surface area contributed by atoms with Gasteiger partial charge in [-0.2, -0.15) is 5.26 Å². The number of nitriles is 1. The molecule has 4 rings (SSSR count). The Morgan fingerprint density at radius 3 is 2.56 bits per heavy atom. The van der Waals surface area contributed by atoms with E-state index < -0.39 is 0 Å². The molecule has 2 heterocycles. The van der Waals surface area contributed by atoms with Crippen molar-refractivity contribution >= 4 is 46.1 Å². The Bertz CT molecular complexity index is 1440. The Kier molecular flexibility index (Phi) is 10.5. The van der Waals surface area contributed by atoms with Gasteiger partial charge in [0.25, 0.3) is 11.5 Å². The summed E-state index contributed by atoms with van der Waals surface area (Å²) in [5.74, 6) is 1.84. The van der Waals surface area contributed by atoms with Crippen molar-refractivity contribution in [2.24, 2.45) is 0 Å².